The monoisotopic (exact) mass is 358 g/mol. The summed E-state index contributed by atoms with van der Waals surface area (Å²) in [7, 11) is 0. The van der Waals surface area contributed by atoms with E-state index in [1.807, 2.05) is 0 Å². The quantitative estimate of drug-likeness (QED) is 0.437. The van der Waals surface area contributed by atoms with Crippen LogP contribution in [0.15, 0.2) is 91.0 Å². The highest BCUT2D eigenvalue weighted by atomic mass is 14.3. The summed E-state index contributed by atoms with van der Waals surface area (Å²) in [6.45, 7) is 13.6. The van der Waals surface area contributed by atoms with Crippen LogP contribution in [0.3, 0.4) is 0 Å². The second-order valence-electron chi connectivity index (χ2n) is 9.24. The maximum absolute atomic E-state index is 2.30. The molecule has 0 aromatic heterocycles. The molecule has 0 bridgehead atoms. The fourth-order valence-corrected chi connectivity index (χ4v) is 3.42. The molecule has 0 amide bonds. The lowest BCUT2D eigenvalue weighted by Crippen LogP contribution is -2.19. The third-order valence-corrected chi connectivity index (χ3v) is 4.77. The number of benzene rings is 3. The fraction of sp³-hybridized carbons (Fsp3) is 0.333. The smallest absolute Gasteiger partial charge is 0.0138 e. The van der Waals surface area contributed by atoms with E-state index in [1.165, 1.54) is 16.7 Å². The van der Waals surface area contributed by atoms with Gasteiger partial charge in [0.1, 0.15) is 0 Å². The third-order valence-electron chi connectivity index (χ3n) is 4.77. The van der Waals surface area contributed by atoms with Crippen LogP contribution in [0.5, 0.6) is 0 Å². The summed E-state index contributed by atoms with van der Waals surface area (Å²) in [5.41, 5.74) is 4.71. The van der Waals surface area contributed by atoms with E-state index in [1.54, 1.807) is 0 Å². The highest BCUT2D eigenvalue weighted by Gasteiger charge is 2.27. The Morgan fingerprint density at radius 3 is 1.07 bits per heavy atom. The van der Waals surface area contributed by atoms with Crippen LogP contribution in [-0.2, 0) is 5.41 Å². The third kappa shape index (κ3) is 6.40. The van der Waals surface area contributed by atoms with Crippen LogP contribution in [0.25, 0.3) is 0 Å². The Labute approximate surface area is 166 Å². The molecule has 0 aliphatic rings. The van der Waals surface area contributed by atoms with E-state index >= 15 is 0 Å². The van der Waals surface area contributed by atoms with E-state index in [4.69, 9.17) is 0 Å². The van der Waals surface area contributed by atoms with Gasteiger partial charge in [0, 0.05) is 5.92 Å². The molecule has 0 radical (unpaired) electrons. The topological polar surface area (TPSA) is 0 Å². The summed E-state index contributed by atoms with van der Waals surface area (Å²) < 4.78 is 0. The Balaban J connectivity index is 0.000000223. The van der Waals surface area contributed by atoms with Crippen molar-refractivity contribution in [2.75, 3.05) is 0 Å². The van der Waals surface area contributed by atoms with Gasteiger partial charge in [-0.05, 0) is 27.5 Å². The average Bonchev–Trinajstić information content (AvgIpc) is 2.63. The van der Waals surface area contributed by atoms with Crippen molar-refractivity contribution in [1.82, 2.24) is 0 Å². The van der Waals surface area contributed by atoms with Crippen molar-refractivity contribution < 1.29 is 0 Å². The summed E-state index contributed by atoms with van der Waals surface area (Å²) >= 11 is 0. The van der Waals surface area contributed by atoms with E-state index in [9.17, 15) is 0 Å². The molecule has 0 heterocycles. The van der Waals surface area contributed by atoms with E-state index in [-0.39, 0.29) is 5.41 Å². The molecule has 0 nitrogen and oxygen atoms in total. The summed E-state index contributed by atoms with van der Waals surface area (Å²) in [6, 6.07) is 32.1. The predicted molar refractivity (Wildman–Crippen MR) is 119 cm³/mol. The van der Waals surface area contributed by atoms with Crippen LogP contribution in [0, 0.1) is 5.41 Å². The van der Waals surface area contributed by atoms with E-state index in [2.05, 4.69) is 133 Å². The molecule has 0 fully saturated rings. The molecule has 0 N–H and O–H groups in total. The highest BCUT2D eigenvalue weighted by molar-refractivity contribution is 5.34. The average molecular weight is 359 g/mol. The predicted octanol–water partition coefficient (Wildman–Crippen LogP) is 7.85. The first-order valence-corrected chi connectivity index (χ1v) is 9.85. The SMILES string of the molecule is CC(C)(C)C(c1ccccc1)c1ccccc1.CC(C)(C)c1ccccc1. The Bertz CT molecular complexity index is 733. The molecular weight excluding hydrogens is 324 g/mol. The van der Waals surface area contributed by atoms with Crippen molar-refractivity contribution in [2.24, 2.45) is 5.41 Å². The molecule has 0 heteroatoms. The second kappa shape index (κ2) is 9.04. The molecule has 0 unspecified atom stereocenters. The van der Waals surface area contributed by atoms with Gasteiger partial charge in [-0.3, -0.25) is 0 Å². The van der Waals surface area contributed by atoms with Crippen molar-refractivity contribution in [3.05, 3.63) is 108 Å². The minimum absolute atomic E-state index is 0.225. The van der Waals surface area contributed by atoms with Gasteiger partial charge in [0.05, 0.1) is 0 Å². The van der Waals surface area contributed by atoms with Crippen LogP contribution < -0.4 is 0 Å². The van der Waals surface area contributed by atoms with E-state index in [0.717, 1.165) is 0 Å². The second-order valence-corrected chi connectivity index (χ2v) is 9.24. The van der Waals surface area contributed by atoms with Gasteiger partial charge in [0.25, 0.3) is 0 Å². The van der Waals surface area contributed by atoms with E-state index < -0.39 is 0 Å². The largest absolute Gasteiger partial charge is 0.0622 e. The number of hydrogen-bond donors (Lipinski definition) is 0. The number of hydrogen-bond acceptors (Lipinski definition) is 0. The molecule has 3 rings (SSSR count). The van der Waals surface area contributed by atoms with Crippen molar-refractivity contribution in [1.29, 1.82) is 0 Å². The minimum atomic E-state index is 0.225. The van der Waals surface area contributed by atoms with Gasteiger partial charge >= 0.3 is 0 Å². The van der Waals surface area contributed by atoms with Gasteiger partial charge in [-0.2, -0.15) is 0 Å². The van der Waals surface area contributed by atoms with Gasteiger partial charge < -0.3 is 0 Å². The van der Waals surface area contributed by atoms with Gasteiger partial charge in [0.2, 0.25) is 0 Å². The Morgan fingerprint density at radius 2 is 0.815 bits per heavy atom. The van der Waals surface area contributed by atoms with Crippen LogP contribution in [0.2, 0.25) is 0 Å². The molecule has 0 atom stereocenters. The van der Waals surface area contributed by atoms with Crippen LogP contribution in [0.4, 0.5) is 0 Å². The fourth-order valence-electron chi connectivity index (χ4n) is 3.42. The zero-order valence-corrected chi connectivity index (χ0v) is 17.7. The lowest BCUT2D eigenvalue weighted by molar-refractivity contribution is 0.358. The first kappa shape index (κ1) is 21.0. The Kier molecular flexibility index (Phi) is 7.02. The van der Waals surface area contributed by atoms with Crippen LogP contribution in [0.1, 0.15) is 64.2 Å². The van der Waals surface area contributed by atoms with Gasteiger partial charge in [-0.25, -0.2) is 0 Å². The molecule has 3 aromatic carbocycles. The lowest BCUT2D eigenvalue weighted by Gasteiger charge is -2.31. The molecule has 0 saturated heterocycles. The lowest BCUT2D eigenvalue weighted by atomic mass is 9.73. The first-order chi connectivity index (χ1) is 12.7. The number of rotatable bonds is 2. The maximum atomic E-state index is 2.30. The molecule has 0 aliphatic heterocycles. The van der Waals surface area contributed by atoms with Gasteiger partial charge in [-0.1, -0.05) is 133 Å². The zero-order valence-electron chi connectivity index (χ0n) is 17.7. The normalized spacial score (nSPS) is 11.7. The minimum Gasteiger partial charge on any atom is -0.0622 e. The molecule has 142 valence electrons. The first-order valence-electron chi connectivity index (χ1n) is 9.85. The van der Waals surface area contributed by atoms with E-state index in [0.29, 0.717) is 11.3 Å². The summed E-state index contributed by atoms with van der Waals surface area (Å²) in [5.74, 6) is 0.449. The van der Waals surface area contributed by atoms with Crippen LogP contribution in [-0.4, -0.2) is 0 Å². The van der Waals surface area contributed by atoms with Crippen molar-refractivity contribution in [3.8, 4) is 0 Å². The summed E-state index contributed by atoms with van der Waals surface area (Å²) in [4.78, 5) is 0. The zero-order chi connectivity index (χ0) is 19.9. The van der Waals surface area contributed by atoms with Crippen molar-refractivity contribution in [3.63, 3.8) is 0 Å². The standard InChI is InChI=1S/C17H20.C10H14/c1-17(2,3)16(14-10-6-4-7-11-14)15-12-8-5-9-13-15;1-10(2,3)9-7-5-4-6-8-9/h4-13,16H,1-3H3;4-8H,1-3H3. The maximum Gasteiger partial charge on any atom is 0.0138 e. The molecule has 0 saturated carbocycles. The van der Waals surface area contributed by atoms with Crippen LogP contribution >= 0.6 is 0 Å². The Morgan fingerprint density at radius 1 is 0.481 bits per heavy atom. The van der Waals surface area contributed by atoms with Crippen molar-refractivity contribution >= 4 is 0 Å². The van der Waals surface area contributed by atoms with Gasteiger partial charge in [-0.15, -0.1) is 0 Å². The van der Waals surface area contributed by atoms with Crippen molar-refractivity contribution in [2.45, 2.75) is 52.9 Å². The summed E-state index contributed by atoms with van der Waals surface area (Å²) in [5, 5.41) is 0. The molecule has 3 aromatic rings. The molecule has 0 spiro atoms. The highest BCUT2D eigenvalue weighted by Crippen LogP contribution is 2.40. The van der Waals surface area contributed by atoms with Gasteiger partial charge in [0.15, 0.2) is 0 Å². The molecule has 0 aliphatic carbocycles. The summed E-state index contributed by atoms with van der Waals surface area (Å²) in [6.07, 6.45) is 0. The Hall–Kier alpha value is -2.34. The molecular formula is C27H34. The molecule has 27 heavy (non-hydrogen) atoms.